The van der Waals surface area contributed by atoms with Gasteiger partial charge in [-0.1, -0.05) is 60.7 Å². The van der Waals surface area contributed by atoms with E-state index in [-0.39, 0.29) is 12.4 Å². The number of benzene rings is 2. The summed E-state index contributed by atoms with van der Waals surface area (Å²) in [5.41, 5.74) is 1.64. The molecular formula is C20H25ClN2. The smallest absolute Gasteiger partial charge is 0.107 e. The Morgan fingerprint density at radius 1 is 0.870 bits per heavy atom. The van der Waals surface area contributed by atoms with E-state index in [1.54, 1.807) is 0 Å². The molecule has 0 aromatic heterocycles. The molecule has 0 aliphatic rings. The minimum atomic E-state index is -0.547. The first-order valence-corrected chi connectivity index (χ1v) is 7.86. The van der Waals surface area contributed by atoms with Crippen molar-refractivity contribution in [3.63, 3.8) is 0 Å². The van der Waals surface area contributed by atoms with Gasteiger partial charge in [0.25, 0.3) is 0 Å². The number of rotatable bonds is 7. The highest BCUT2D eigenvalue weighted by molar-refractivity contribution is 5.85. The van der Waals surface area contributed by atoms with Gasteiger partial charge in [-0.2, -0.15) is 5.26 Å². The summed E-state index contributed by atoms with van der Waals surface area (Å²) in [4.78, 5) is 2.19. The van der Waals surface area contributed by atoms with Crippen molar-refractivity contribution in [3.8, 4) is 6.07 Å². The largest absolute Gasteiger partial charge is 0.309 e. The van der Waals surface area contributed by atoms with Crippen LogP contribution in [-0.2, 0) is 5.41 Å². The Bertz CT molecular complexity index is 563. The van der Waals surface area contributed by atoms with Gasteiger partial charge in [0.15, 0.2) is 0 Å². The lowest BCUT2D eigenvalue weighted by molar-refractivity contribution is 0.384. The quantitative estimate of drug-likeness (QED) is 0.692. The van der Waals surface area contributed by atoms with Gasteiger partial charge in [0.2, 0.25) is 0 Å². The molecule has 0 amide bonds. The van der Waals surface area contributed by atoms with Crippen LogP contribution >= 0.6 is 12.4 Å². The average Bonchev–Trinajstić information content (AvgIpc) is 2.57. The van der Waals surface area contributed by atoms with Crippen LogP contribution in [0.25, 0.3) is 0 Å². The van der Waals surface area contributed by atoms with E-state index in [1.807, 2.05) is 36.4 Å². The van der Waals surface area contributed by atoms with Gasteiger partial charge in [-0.05, 0) is 51.0 Å². The normalized spacial score (nSPS) is 10.9. The van der Waals surface area contributed by atoms with Crippen molar-refractivity contribution in [2.24, 2.45) is 0 Å². The second kappa shape index (κ2) is 9.35. The minimum absolute atomic E-state index is 0. The fraction of sp³-hybridized carbons (Fsp3) is 0.350. The summed E-state index contributed by atoms with van der Waals surface area (Å²) >= 11 is 0. The van der Waals surface area contributed by atoms with E-state index in [9.17, 15) is 5.26 Å². The van der Waals surface area contributed by atoms with Gasteiger partial charge in [0.1, 0.15) is 5.41 Å². The van der Waals surface area contributed by atoms with Gasteiger partial charge in [0.05, 0.1) is 6.07 Å². The minimum Gasteiger partial charge on any atom is -0.309 e. The molecule has 0 aliphatic heterocycles. The Morgan fingerprint density at radius 3 is 1.74 bits per heavy atom. The van der Waals surface area contributed by atoms with E-state index in [1.165, 1.54) is 0 Å². The van der Waals surface area contributed by atoms with Crippen molar-refractivity contribution in [1.29, 1.82) is 5.26 Å². The Balaban J connectivity index is 0.00000264. The van der Waals surface area contributed by atoms with Crippen molar-refractivity contribution >= 4 is 12.4 Å². The standard InChI is InChI=1S/C20H24N2.ClH/c1-22(2)16-10-9-15-20(17-21,18-11-5-3-6-12-18)19-13-7-4-8-14-19;/h3-8,11-14H,9-10,15-16H2,1-2H3;1H. The molecule has 2 aromatic carbocycles. The Morgan fingerprint density at radius 2 is 1.35 bits per heavy atom. The van der Waals surface area contributed by atoms with Crippen molar-refractivity contribution in [2.45, 2.75) is 24.7 Å². The Kier molecular flexibility index (Phi) is 7.81. The molecule has 2 aromatic rings. The van der Waals surface area contributed by atoms with Crippen molar-refractivity contribution in [1.82, 2.24) is 4.90 Å². The van der Waals surface area contributed by atoms with Crippen LogP contribution in [0.4, 0.5) is 0 Å². The van der Waals surface area contributed by atoms with Crippen LogP contribution in [0.3, 0.4) is 0 Å². The molecule has 0 heterocycles. The van der Waals surface area contributed by atoms with Crippen LogP contribution < -0.4 is 0 Å². The van der Waals surface area contributed by atoms with Gasteiger partial charge in [-0.25, -0.2) is 0 Å². The second-order valence-electron chi connectivity index (χ2n) is 6.01. The van der Waals surface area contributed by atoms with E-state index < -0.39 is 5.41 Å². The van der Waals surface area contributed by atoms with E-state index in [2.05, 4.69) is 49.3 Å². The summed E-state index contributed by atoms with van der Waals surface area (Å²) in [6.07, 6.45) is 3.00. The third kappa shape index (κ3) is 4.82. The summed E-state index contributed by atoms with van der Waals surface area (Å²) in [6, 6.07) is 23.0. The molecule has 0 bridgehead atoms. The SMILES string of the molecule is CN(C)CCCCC(C#N)(c1ccccc1)c1ccccc1.Cl. The number of nitriles is 1. The van der Waals surface area contributed by atoms with E-state index in [4.69, 9.17) is 0 Å². The molecule has 3 heteroatoms. The third-order valence-electron chi connectivity index (χ3n) is 4.13. The first kappa shape index (κ1) is 19.2. The van der Waals surface area contributed by atoms with Crippen LogP contribution in [0.2, 0.25) is 0 Å². The van der Waals surface area contributed by atoms with Gasteiger partial charge < -0.3 is 4.90 Å². The topological polar surface area (TPSA) is 27.0 Å². The molecule has 0 radical (unpaired) electrons. The maximum atomic E-state index is 10.0. The molecule has 23 heavy (non-hydrogen) atoms. The van der Waals surface area contributed by atoms with Crippen LogP contribution in [-0.4, -0.2) is 25.5 Å². The average molecular weight is 329 g/mol. The lowest BCUT2D eigenvalue weighted by atomic mass is 9.72. The monoisotopic (exact) mass is 328 g/mol. The molecule has 0 fully saturated rings. The zero-order valence-corrected chi connectivity index (χ0v) is 14.7. The Labute approximate surface area is 146 Å². The molecule has 0 atom stereocenters. The predicted molar refractivity (Wildman–Crippen MR) is 98.9 cm³/mol. The maximum Gasteiger partial charge on any atom is 0.107 e. The fourth-order valence-electron chi connectivity index (χ4n) is 2.90. The lowest BCUT2D eigenvalue weighted by Gasteiger charge is -2.28. The summed E-state index contributed by atoms with van der Waals surface area (Å²) in [7, 11) is 4.18. The number of nitrogens with zero attached hydrogens (tertiary/aromatic N) is 2. The Hall–Kier alpha value is -1.82. The molecule has 122 valence electrons. The van der Waals surface area contributed by atoms with Crippen LogP contribution in [0, 0.1) is 11.3 Å². The molecule has 0 spiro atoms. The molecular weight excluding hydrogens is 304 g/mol. The summed E-state index contributed by atoms with van der Waals surface area (Å²) in [5, 5.41) is 10.0. The highest BCUT2D eigenvalue weighted by Crippen LogP contribution is 2.36. The summed E-state index contributed by atoms with van der Waals surface area (Å²) in [6.45, 7) is 1.06. The first-order chi connectivity index (χ1) is 10.7. The fourth-order valence-corrected chi connectivity index (χ4v) is 2.90. The summed E-state index contributed by atoms with van der Waals surface area (Å²) in [5.74, 6) is 0. The molecule has 0 unspecified atom stereocenters. The van der Waals surface area contributed by atoms with Gasteiger partial charge in [0, 0.05) is 0 Å². The van der Waals surface area contributed by atoms with Gasteiger partial charge in [-0.3, -0.25) is 0 Å². The zero-order valence-electron chi connectivity index (χ0n) is 13.9. The molecule has 0 aliphatic carbocycles. The highest BCUT2D eigenvalue weighted by atomic mass is 35.5. The van der Waals surface area contributed by atoms with Crippen molar-refractivity contribution < 1.29 is 0 Å². The van der Waals surface area contributed by atoms with Crippen LogP contribution in [0.1, 0.15) is 30.4 Å². The van der Waals surface area contributed by atoms with Gasteiger partial charge >= 0.3 is 0 Å². The number of unbranched alkanes of at least 4 members (excludes halogenated alkanes) is 1. The van der Waals surface area contributed by atoms with Crippen LogP contribution in [0.5, 0.6) is 0 Å². The highest BCUT2D eigenvalue weighted by Gasteiger charge is 2.33. The van der Waals surface area contributed by atoms with Crippen LogP contribution in [0.15, 0.2) is 60.7 Å². The van der Waals surface area contributed by atoms with E-state index in [0.29, 0.717) is 0 Å². The summed E-state index contributed by atoms with van der Waals surface area (Å²) < 4.78 is 0. The second-order valence-corrected chi connectivity index (χ2v) is 6.01. The molecule has 0 saturated carbocycles. The molecule has 0 saturated heterocycles. The third-order valence-corrected chi connectivity index (χ3v) is 4.13. The molecule has 2 nitrogen and oxygen atoms in total. The molecule has 0 N–H and O–H groups in total. The van der Waals surface area contributed by atoms with Crippen molar-refractivity contribution in [3.05, 3.63) is 71.8 Å². The van der Waals surface area contributed by atoms with Gasteiger partial charge in [-0.15, -0.1) is 12.4 Å². The lowest BCUT2D eigenvalue weighted by Crippen LogP contribution is -2.26. The zero-order chi connectivity index (χ0) is 15.8. The predicted octanol–water partition coefficient (Wildman–Crippen LogP) is 4.65. The maximum absolute atomic E-state index is 10.0. The molecule has 2 rings (SSSR count). The van der Waals surface area contributed by atoms with Crippen molar-refractivity contribution in [2.75, 3.05) is 20.6 Å². The number of halogens is 1. The number of hydrogen-bond acceptors (Lipinski definition) is 2. The van der Waals surface area contributed by atoms with E-state index in [0.717, 1.165) is 36.9 Å². The van der Waals surface area contributed by atoms with E-state index >= 15 is 0 Å². The number of hydrogen-bond donors (Lipinski definition) is 0. The first-order valence-electron chi connectivity index (χ1n) is 7.86.